The van der Waals surface area contributed by atoms with Gasteiger partial charge in [-0.1, -0.05) is 35.9 Å². The Bertz CT molecular complexity index is 1940. The van der Waals surface area contributed by atoms with E-state index in [0.29, 0.717) is 38.4 Å². The predicted molar refractivity (Wildman–Crippen MR) is 160 cm³/mol. The Morgan fingerprint density at radius 1 is 1.16 bits per heavy atom. The van der Waals surface area contributed by atoms with Gasteiger partial charge in [0.25, 0.3) is 0 Å². The number of nitrogens with two attached hydrogens (primary N) is 1. The minimum absolute atomic E-state index is 0.0736. The number of hydrogen-bond donors (Lipinski definition) is 3. The second kappa shape index (κ2) is 10.1. The number of anilines is 2. The number of amides is 1. The summed E-state index contributed by atoms with van der Waals surface area (Å²) in [5.41, 5.74) is 7.24. The summed E-state index contributed by atoms with van der Waals surface area (Å²) in [5, 5.41) is 18.2. The number of hydrogen-bond acceptors (Lipinski definition) is 7. The fourth-order valence-corrected chi connectivity index (χ4v) is 5.56. The summed E-state index contributed by atoms with van der Waals surface area (Å²) in [6, 6.07) is 15.1. The van der Waals surface area contributed by atoms with Crippen molar-refractivity contribution in [3.8, 4) is 11.5 Å². The number of pyridine rings is 1. The average molecular weight is 600 g/mol. The summed E-state index contributed by atoms with van der Waals surface area (Å²) in [6.45, 7) is 5.12. The van der Waals surface area contributed by atoms with Gasteiger partial charge in [0.1, 0.15) is 28.6 Å². The Kier molecular flexibility index (Phi) is 6.65. The minimum atomic E-state index is -1.29. The van der Waals surface area contributed by atoms with E-state index in [1.807, 2.05) is 0 Å². The van der Waals surface area contributed by atoms with Gasteiger partial charge in [-0.25, -0.2) is 14.4 Å². The van der Waals surface area contributed by atoms with Crippen molar-refractivity contribution in [1.29, 1.82) is 0 Å². The molecule has 0 bridgehead atoms. The number of carboxylic acid groups (broad SMARTS) is 1. The Morgan fingerprint density at radius 3 is 2.63 bits per heavy atom. The van der Waals surface area contributed by atoms with Gasteiger partial charge < -0.3 is 16.2 Å². The van der Waals surface area contributed by atoms with Crippen LogP contribution in [0.25, 0.3) is 22.4 Å². The highest BCUT2D eigenvalue weighted by Crippen LogP contribution is 2.44. The molecule has 5 aromatic rings. The Hall–Kier alpha value is -4.90. The number of nitrogens with one attached hydrogen (secondary N) is 1. The number of nitrogen functional groups attached to an aromatic ring is 1. The fraction of sp³-hybridized carbons (Fsp3) is 0.226. The lowest BCUT2D eigenvalue weighted by atomic mass is 9.80. The number of rotatable bonds is 7. The fourth-order valence-electron chi connectivity index (χ4n) is 5.39. The van der Waals surface area contributed by atoms with Gasteiger partial charge >= 0.3 is 5.97 Å². The molecule has 0 spiro atoms. The molecule has 43 heavy (non-hydrogen) atoms. The van der Waals surface area contributed by atoms with Gasteiger partial charge in [-0.3, -0.25) is 19.3 Å². The number of carbonyl (C=O) groups is 2. The van der Waals surface area contributed by atoms with E-state index in [1.165, 1.54) is 6.07 Å². The van der Waals surface area contributed by atoms with Crippen molar-refractivity contribution in [2.45, 2.75) is 39.2 Å². The van der Waals surface area contributed by atoms with Crippen LogP contribution in [0.3, 0.4) is 0 Å². The topological polar surface area (TPSA) is 149 Å². The highest BCUT2D eigenvalue weighted by Gasteiger charge is 2.49. The number of nitrogens with zero attached hydrogens (tertiary/aromatic N) is 5. The molecular weight excluding hydrogens is 573 g/mol. The summed E-state index contributed by atoms with van der Waals surface area (Å²) in [7, 11) is 0. The normalized spacial score (nSPS) is 16.3. The van der Waals surface area contributed by atoms with E-state index in [4.69, 9.17) is 22.4 Å². The van der Waals surface area contributed by atoms with Crippen LogP contribution in [0.5, 0.6) is 0 Å². The molecule has 2 aromatic carbocycles. The van der Waals surface area contributed by atoms with Crippen LogP contribution in [0.1, 0.15) is 43.2 Å². The zero-order valence-electron chi connectivity index (χ0n) is 23.5. The Balaban J connectivity index is 1.40. The second-order valence-corrected chi connectivity index (χ2v) is 11.8. The van der Waals surface area contributed by atoms with Crippen molar-refractivity contribution < 1.29 is 19.1 Å². The van der Waals surface area contributed by atoms with E-state index in [9.17, 15) is 19.1 Å². The molecule has 1 atom stereocenters. The predicted octanol–water partition coefficient (Wildman–Crippen LogP) is 5.22. The van der Waals surface area contributed by atoms with Gasteiger partial charge in [0.15, 0.2) is 5.82 Å². The first-order chi connectivity index (χ1) is 20.4. The summed E-state index contributed by atoms with van der Waals surface area (Å²) >= 11 is 6.30. The van der Waals surface area contributed by atoms with Crippen LogP contribution < -0.4 is 11.1 Å². The van der Waals surface area contributed by atoms with E-state index in [0.717, 1.165) is 5.56 Å². The van der Waals surface area contributed by atoms with Crippen LogP contribution in [0.4, 0.5) is 16.0 Å². The first-order valence-electron chi connectivity index (χ1n) is 13.5. The lowest BCUT2D eigenvalue weighted by Gasteiger charge is -2.23. The molecule has 10 nitrogen and oxygen atoms in total. The van der Waals surface area contributed by atoms with E-state index in [2.05, 4.69) is 20.3 Å². The third-order valence-corrected chi connectivity index (χ3v) is 8.12. The van der Waals surface area contributed by atoms with E-state index in [1.54, 1.807) is 80.2 Å². The molecule has 1 unspecified atom stereocenters. The third-order valence-electron chi connectivity index (χ3n) is 7.89. The van der Waals surface area contributed by atoms with Crippen LogP contribution in [0.15, 0.2) is 60.8 Å². The highest BCUT2D eigenvalue weighted by atomic mass is 35.5. The quantitative estimate of drug-likeness (QED) is 0.230. The van der Waals surface area contributed by atoms with Crippen LogP contribution in [0, 0.1) is 11.2 Å². The van der Waals surface area contributed by atoms with Gasteiger partial charge in [0, 0.05) is 22.2 Å². The lowest BCUT2D eigenvalue weighted by Crippen LogP contribution is -2.34. The molecule has 4 heterocycles. The zero-order chi connectivity index (χ0) is 30.7. The molecule has 1 aliphatic heterocycles. The van der Waals surface area contributed by atoms with Crippen LogP contribution in [-0.4, -0.2) is 41.7 Å². The molecule has 0 fully saturated rings. The van der Waals surface area contributed by atoms with Crippen LogP contribution in [-0.2, 0) is 28.0 Å². The average Bonchev–Trinajstić information content (AvgIpc) is 3.44. The first-order valence-corrected chi connectivity index (χ1v) is 13.8. The third kappa shape index (κ3) is 4.75. The molecule has 0 saturated heterocycles. The number of halogens is 2. The first kappa shape index (κ1) is 28.2. The Morgan fingerprint density at radius 2 is 1.93 bits per heavy atom. The number of fused-ring (bicyclic) bond motifs is 2. The molecule has 6 rings (SSSR count). The maximum Gasteiger partial charge on any atom is 0.309 e. The molecule has 12 heteroatoms. The number of benzene rings is 2. The monoisotopic (exact) mass is 599 g/mol. The maximum atomic E-state index is 14.5. The van der Waals surface area contributed by atoms with Crippen molar-refractivity contribution in [2.75, 3.05) is 11.1 Å². The van der Waals surface area contributed by atoms with Gasteiger partial charge in [0.2, 0.25) is 5.91 Å². The van der Waals surface area contributed by atoms with E-state index >= 15 is 0 Å². The molecule has 1 amide bonds. The number of carbonyl (C=O) groups excluding carboxylic acids is 1. The van der Waals surface area contributed by atoms with Crippen LogP contribution in [0.2, 0.25) is 5.02 Å². The van der Waals surface area contributed by atoms with Gasteiger partial charge in [0.05, 0.1) is 28.7 Å². The van der Waals surface area contributed by atoms with Crippen molar-refractivity contribution in [2.24, 2.45) is 5.41 Å². The van der Waals surface area contributed by atoms with Gasteiger partial charge in [-0.15, -0.1) is 0 Å². The van der Waals surface area contributed by atoms with E-state index in [-0.39, 0.29) is 42.2 Å². The highest BCUT2D eigenvalue weighted by molar-refractivity contribution is 6.31. The van der Waals surface area contributed by atoms with Gasteiger partial charge in [-0.2, -0.15) is 5.10 Å². The van der Waals surface area contributed by atoms with E-state index < -0.39 is 16.8 Å². The van der Waals surface area contributed by atoms with Crippen molar-refractivity contribution in [3.05, 3.63) is 94.0 Å². The molecule has 1 aliphatic rings. The molecule has 0 saturated carbocycles. The Labute approximate surface area is 250 Å². The molecule has 4 N–H and O–H groups in total. The minimum Gasteiger partial charge on any atom is -0.481 e. The molecule has 218 valence electrons. The molecule has 0 radical (unpaired) electrons. The maximum absolute atomic E-state index is 14.5. The van der Waals surface area contributed by atoms with Crippen molar-refractivity contribution >= 4 is 46.0 Å². The smallest absolute Gasteiger partial charge is 0.309 e. The summed E-state index contributed by atoms with van der Waals surface area (Å²) in [4.78, 5) is 38.7. The standard InChI is InChI=1S/C31H27ClFN7O3/c1-30(2,29(42)43)13-16-8-11-22(35-14-16)31(3)23-25(34)36-27(37-26(23)38-28(31)41)24-19-10-9-18(32)12-21(19)40(39-24)15-17-6-4-5-7-20(17)33/h4-12,14H,13,15H2,1-3H3,(H,42,43)(H3,34,36,37,38,41). The summed E-state index contributed by atoms with van der Waals surface area (Å²) in [5.74, 6) is -1.17. The molecular formula is C31H27ClFN7O3. The van der Waals surface area contributed by atoms with Crippen molar-refractivity contribution in [3.63, 3.8) is 0 Å². The zero-order valence-corrected chi connectivity index (χ0v) is 24.3. The second-order valence-electron chi connectivity index (χ2n) is 11.4. The number of aliphatic carboxylic acids is 1. The summed E-state index contributed by atoms with van der Waals surface area (Å²) in [6.07, 6.45) is 1.84. The number of aromatic nitrogens is 5. The number of carboxylic acids is 1. The SMILES string of the molecule is CC(C)(Cc1ccc(C2(C)C(=O)Nc3nc(-c4nn(Cc5ccccc5F)c5cc(Cl)ccc45)nc(N)c32)nc1)C(=O)O. The summed E-state index contributed by atoms with van der Waals surface area (Å²) < 4.78 is 16.1. The largest absolute Gasteiger partial charge is 0.481 e. The molecule has 0 aliphatic carbocycles. The van der Waals surface area contributed by atoms with Crippen molar-refractivity contribution in [1.82, 2.24) is 24.7 Å². The van der Waals surface area contributed by atoms with Gasteiger partial charge in [-0.05, 0) is 63.1 Å². The lowest BCUT2D eigenvalue weighted by molar-refractivity contribution is -0.146. The molecule has 3 aromatic heterocycles. The van der Waals surface area contributed by atoms with Crippen LogP contribution >= 0.6 is 11.6 Å².